The Balaban J connectivity index is 2.48. The van der Waals surface area contributed by atoms with Gasteiger partial charge in [0.15, 0.2) is 0 Å². The van der Waals surface area contributed by atoms with E-state index < -0.39 is 17.7 Å². The summed E-state index contributed by atoms with van der Waals surface area (Å²) in [5, 5.41) is 7.35. The van der Waals surface area contributed by atoms with Crippen LogP contribution < -0.4 is 5.32 Å². The molecule has 0 saturated heterocycles. The number of benzene rings is 1. The van der Waals surface area contributed by atoms with Crippen molar-refractivity contribution in [3.63, 3.8) is 0 Å². The smallest absolute Gasteiger partial charge is 0.128 e. The van der Waals surface area contributed by atoms with E-state index >= 15 is 0 Å². The molecule has 1 heterocycles. The third kappa shape index (κ3) is 2.81. The van der Waals surface area contributed by atoms with Crippen molar-refractivity contribution < 1.29 is 8.78 Å². The first-order chi connectivity index (χ1) is 9.17. The van der Waals surface area contributed by atoms with Crippen LogP contribution in [0.1, 0.15) is 31.1 Å². The van der Waals surface area contributed by atoms with Crippen molar-refractivity contribution in [1.82, 2.24) is 15.1 Å². The van der Waals surface area contributed by atoms with E-state index in [2.05, 4.69) is 10.4 Å². The van der Waals surface area contributed by atoms with Crippen LogP contribution in [-0.4, -0.2) is 16.3 Å². The molecular formula is C14H17F2N3. The van der Waals surface area contributed by atoms with Gasteiger partial charge in [-0.15, -0.1) is 0 Å². The van der Waals surface area contributed by atoms with Crippen molar-refractivity contribution in [3.8, 4) is 0 Å². The van der Waals surface area contributed by atoms with Gasteiger partial charge in [-0.3, -0.25) is 4.68 Å². The molecule has 0 radical (unpaired) electrons. The number of nitrogens with one attached hydrogen (secondary N) is 1. The quantitative estimate of drug-likeness (QED) is 0.901. The number of hydrogen-bond donors (Lipinski definition) is 1. The van der Waals surface area contributed by atoms with Crippen LogP contribution >= 0.6 is 0 Å². The molecule has 1 N–H and O–H groups in total. The molecule has 0 aliphatic carbocycles. The first-order valence-electron chi connectivity index (χ1n) is 6.37. The molecule has 0 bridgehead atoms. The average Bonchev–Trinajstić information content (AvgIpc) is 2.87. The molecule has 1 atom stereocenters. The summed E-state index contributed by atoms with van der Waals surface area (Å²) >= 11 is 0. The zero-order chi connectivity index (χ0) is 13.8. The summed E-state index contributed by atoms with van der Waals surface area (Å²) in [5.41, 5.74) is 1.13. The summed E-state index contributed by atoms with van der Waals surface area (Å²) in [6.07, 6.45) is 1.67. The van der Waals surface area contributed by atoms with Crippen LogP contribution in [0.15, 0.2) is 30.5 Å². The zero-order valence-electron chi connectivity index (χ0n) is 11.0. The van der Waals surface area contributed by atoms with Gasteiger partial charge in [-0.2, -0.15) is 5.10 Å². The van der Waals surface area contributed by atoms with Gasteiger partial charge in [0.1, 0.15) is 11.6 Å². The molecule has 5 heteroatoms. The maximum Gasteiger partial charge on any atom is 0.128 e. The van der Waals surface area contributed by atoms with Gasteiger partial charge in [0.05, 0.1) is 11.7 Å². The summed E-state index contributed by atoms with van der Waals surface area (Å²) < 4.78 is 29.1. The van der Waals surface area contributed by atoms with Crippen LogP contribution in [0.3, 0.4) is 0 Å². The fraction of sp³-hybridized carbons (Fsp3) is 0.357. The standard InChI is InChI=1S/C14H17F2N3/c1-3-17-14(13-7-8-18-19(13)4-2)11-9-10(15)5-6-12(11)16/h5-9,14,17H,3-4H2,1-2H3. The Morgan fingerprint density at radius 3 is 2.74 bits per heavy atom. The molecule has 0 saturated carbocycles. The van der Waals surface area contributed by atoms with Crippen LogP contribution in [0.4, 0.5) is 8.78 Å². The highest BCUT2D eigenvalue weighted by Crippen LogP contribution is 2.25. The number of nitrogens with zero attached hydrogens (tertiary/aromatic N) is 2. The van der Waals surface area contributed by atoms with Crippen LogP contribution in [-0.2, 0) is 6.54 Å². The van der Waals surface area contributed by atoms with Crippen molar-refractivity contribution in [1.29, 1.82) is 0 Å². The molecule has 2 rings (SSSR count). The third-order valence-electron chi connectivity index (χ3n) is 3.02. The van der Waals surface area contributed by atoms with Gasteiger partial charge < -0.3 is 5.32 Å². The van der Waals surface area contributed by atoms with Crippen molar-refractivity contribution >= 4 is 0 Å². The van der Waals surface area contributed by atoms with Gasteiger partial charge in [0.25, 0.3) is 0 Å². The normalized spacial score (nSPS) is 12.6. The largest absolute Gasteiger partial charge is 0.305 e. The van der Waals surface area contributed by atoms with E-state index in [1.165, 1.54) is 6.07 Å². The van der Waals surface area contributed by atoms with E-state index in [9.17, 15) is 8.78 Å². The van der Waals surface area contributed by atoms with Crippen LogP contribution in [0.25, 0.3) is 0 Å². The summed E-state index contributed by atoms with van der Waals surface area (Å²) in [6, 6.07) is 4.93. The molecule has 1 aromatic heterocycles. The second-order valence-corrected chi connectivity index (χ2v) is 4.23. The van der Waals surface area contributed by atoms with Crippen molar-refractivity contribution in [2.75, 3.05) is 6.54 Å². The molecule has 0 fully saturated rings. The predicted molar refractivity (Wildman–Crippen MR) is 69.8 cm³/mol. The number of halogens is 2. The second-order valence-electron chi connectivity index (χ2n) is 4.23. The molecule has 1 unspecified atom stereocenters. The highest BCUT2D eigenvalue weighted by molar-refractivity contribution is 5.29. The van der Waals surface area contributed by atoms with Crippen molar-refractivity contribution in [3.05, 3.63) is 53.4 Å². The van der Waals surface area contributed by atoms with E-state index in [-0.39, 0.29) is 0 Å². The lowest BCUT2D eigenvalue weighted by molar-refractivity contribution is 0.509. The minimum Gasteiger partial charge on any atom is -0.305 e. The Morgan fingerprint density at radius 1 is 1.26 bits per heavy atom. The number of hydrogen-bond acceptors (Lipinski definition) is 2. The first kappa shape index (κ1) is 13.7. The number of aryl methyl sites for hydroxylation is 1. The van der Waals surface area contributed by atoms with Crippen LogP contribution in [0, 0.1) is 11.6 Å². The van der Waals surface area contributed by atoms with Crippen LogP contribution in [0.5, 0.6) is 0 Å². The maximum atomic E-state index is 13.9. The van der Waals surface area contributed by atoms with E-state index in [4.69, 9.17) is 0 Å². The van der Waals surface area contributed by atoms with Gasteiger partial charge >= 0.3 is 0 Å². The first-order valence-corrected chi connectivity index (χ1v) is 6.37. The lowest BCUT2D eigenvalue weighted by Crippen LogP contribution is -2.25. The molecule has 0 aliphatic heterocycles. The maximum absolute atomic E-state index is 13.9. The number of rotatable bonds is 5. The Hall–Kier alpha value is -1.75. The highest BCUT2D eigenvalue weighted by atomic mass is 19.1. The SMILES string of the molecule is CCNC(c1cc(F)ccc1F)c1ccnn1CC. The summed E-state index contributed by atoms with van der Waals surface area (Å²) in [6.45, 7) is 5.22. The highest BCUT2D eigenvalue weighted by Gasteiger charge is 2.20. The lowest BCUT2D eigenvalue weighted by Gasteiger charge is -2.20. The molecule has 0 aliphatic rings. The van der Waals surface area contributed by atoms with Gasteiger partial charge in [0.2, 0.25) is 0 Å². The molecule has 2 aromatic rings. The third-order valence-corrected chi connectivity index (χ3v) is 3.02. The van der Waals surface area contributed by atoms with Gasteiger partial charge in [0, 0.05) is 18.3 Å². The average molecular weight is 265 g/mol. The van der Waals surface area contributed by atoms with Gasteiger partial charge in [-0.1, -0.05) is 6.92 Å². The topological polar surface area (TPSA) is 29.9 Å². The Kier molecular flexibility index (Phi) is 4.27. The summed E-state index contributed by atoms with van der Waals surface area (Å²) in [4.78, 5) is 0. The zero-order valence-corrected chi connectivity index (χ0v) is 11.0. The second kappa shape index (κ2) is 5.93. The van der Waals surface area contributed by atoms with Gasteiger partial charge in [-0.25, -0.2) is 8.78 Å². The number of aromatic nitrogens is 2. The summed E-state index contributed by atoms with van der Waals surface area (Å²) in [7, 11) is 0. The fourth-order valence-corrected chi connectivity index (χ4v) is 2.17. The Morgan fingerprint density at radius 2 is 2.05 bits per heavy atom. The molecule has 1 aromatic carbocycles. The summed E-state index contributed by atoms with van der Waals surface area (Å²) in [5.74, 6) is -0.863. The predicted octanol–water partition coefficient (Wildman–Crippen LogP) is 2.88. The van der Waals surface area contributed by atoms with Crippen molar-refractivity contribution in [2.45, 2.75) is 26.4 Å². The van der Waals surface area contributed by atoms with E-state index in [0.717, 1.165) is 17.8 Å². The fourth-order valence-electron chi connectivity index (χ4n) is 2.17. The minimum absolute atomic E-state index is 0.303. The Labute approximate surface area is 111 Å². The van der Waals surface area contributed by atoms with Gasteiger partial charge in [-0.05, 0) is 37.7 Å². The molecular weight excluding hydrogens is 248 g/mol. The van der Waals surface area contributed by atoms with E-state index in [1.807, 2.05) is 19.9 Å². The van der Waals surface area contributed by atoms with E-state index in [0.29, 0.717) is 18.7 Å². The minimum atomic E-state index is -0.443. The van der Waals surface area contributed by atoms with E-state index in [1.54, 1.807) is 10.9 Å². The molecule has 102 valence electrons. The molecule has 3 nitrogen and oxygen atoms in total. The van der Waals surface area contributed by atoms with Crippen molar-refractivity contribution in [2.24, 2.45) is 0 Å². The monoisotopic (exact) mass is 265 g/mol. The molecule has 0 amide bonds. The molecule has 0 spiro atoms. The van der Waals surface area contributed by atoms with Crippen LogP contribution in [0.2, 0.25) is 0 Å². The Bertz CT molecular complexity index is 551. The lowest BCUT2D eigenvalue weighted by atomic mass is 10.0. The molecule has 19 heavy (non-hydrogen) atoms.